The first-order valence-corrected chi connectivity index (χ1v) is 7.38. The molecule has 0 unspecified atom stereocenters. The van der Waals surface area contributed by atoms with Gasteiger partial charge in [-0.3, -0.25) is 10.1 Å². The van der Waals surface area contributed by atoms with Gasteiger partial charge in [0.1, 0.15) is 0 Å². The highest BCUT2D eigenvalue weighted by atomic mass is 32.2. The molecular formula is C12H19N3O2S. The number of pyridine rings is 1. The van der Waals surface area contributed by atoms with Gasteiger partial charge in [0.15, 0.2) is 0 Å². The van der Waals surface area contributed by atoms with Gasteiger partial charge in [-0.1, -0.05) is 6.42 Å². The second kappa shape index (κ2) is 7.92. The van der Waals surface area contributed by atoms with E-state index in [4.69, 9.17) is 0 Å². The van der Waals surface area contributed by atoms with Crippen molar-refractivity contribution in [3.05, 3.63) is 27.9 Å². The third-order valence-corrected chi connectivity index (χ3v) is 3.22. The lowest BCUT2D eigenvalue weighted by Gasteiger charge is -2.06. The second-order valence-corrected chi connectivity index (χ2v) is 5.10. The van der Waals surface area contributed by atoms with E-state index in [1.165, 1.54) is 12.2 Å². The number of anilines is 1. The predicted molar refractivity (Wildman–Crippen MR) is 76.4 cm³/mol. The van der Waals surface area contributed by atoms with Crippen LogP contribution in [-0.2, 0) is 0 Å². The Morgan fingerprint density at radius 2 is 2.22 bits per heavy atom. The summed E-state index contributed by atoms with van der Waals surface area (Å²) < 4.78 is 0. The first-order valence-electron chi connectivity index (χ1n) is 5.99. The molecule has 1 aromatic rings. The molecule has 0 aromatic carbocycles. The maximum atomic E-state index is 10.9. The number of hydrogen-bond acceptors (Lipinski definition) is 5. The third kappa shape index (κ3) is 4.91. The number of nitro groups is 1. The molecule has 0 aliphatic heterocycles. The molecule has 1 aromatic heterocycles. The lowest BCUT2D eigenvalue weighted by molar-refractivity contribution is -0.384. The summed E-state index contributed by atoms with van der Waals surface area (Å²) in [5.41, 5.74) is 0.853. The summed E-state index contributed by atoms with van der Waals surface area (Å²) in [6, 6.07) is 1.54. The van der Waals surface area contributed by atoms with Gasteiger partial charge < -0.3 is 5.32 Å². The normalized spacial score (nSPS) is 10.3. The topological polar surface area (TPSA) is 68.1 Å². The van der Waals surface area contributed by atoms with Crippen LogP contribution in [0.5, 0.6) is 0 Å². The summed E-state index contributed by atoms with van der Waals surface area (Å²) in [6.07, 6.45) is 7.06. The molecule has 6 heteroatoms. The summed E-state index contributed by atoms with van der Waals surface area (Å²) in [6.45, 7) is 2.53. The zero-order valence-corrected chi connectivity index (χ0v) is 11.6. The summed E-state index contributed by atoms with van der Waals surface area (Å²) in [5, 5.41) is 13.9. The summed E-state index contributed by atoms with van der Waals surface area (Å²) in [4.78, 5) is 14.6. The van der Waals surface area contributed by atoms with Crippen molar-refractivity contribution in [2.45, 2.75) is 26.2 Å². The average Bonchev–Trinajstić information content (AvgIpc) is 2.35. The standard InChI is InChI=1S/C12H19N3O2S/c1-10-8-11(15(16)17)12(14-9-10)13-6-4-3-5-7-18-2/h8-9H,3-7H2,1-2H3,(H,13,14). The fraction of sp³-hybridized carbons (Fsp3) is 0.583. The molecule has 0 fully saturated rings. The highest BCUT2D eigenvalue weighted by molar-refractivity contribution is 7.98. The fourth-order valence-corrected chi connectivity index (χ4v) is 2.08. The van der Waals surface area contributed by atoms with Gasteiger partial charge in [0.25, 0.3) is 0 Å². The lowest BCUT2D eigenvalue weighted by Crippen LogP contribution is -2.06. The molecule has 1 N–H and O–H groups in total. The van der Waals surface area contributed by atoms with Crippen LogP contribution in [0.1, 0.15) is 24.8 Å². The molecule has 0 atom stereocenters. The van der Waals surface area contributed by atoms with Crippen LogP contribution in [-0.4, -0.2) is 28.5 Å². The summed E-state index contributed by atoms with van der Waals surface area (Å²) in [5.74, 6) is 1.54. The highest BCUT2D eigenvalue weighted by Gasteiger charge is 2.14. The van der Waals surface area contributed by atoms with Crippen LogP contribution >= 0.6 is 11.8 Å². The Morgan fingerprint density at radius 3 is 2.89 bits per heavy atom. The Labute approximate surface area is 112 Å². The molecule has 0 amide bonds. The van der Waals surface area contributed by atoms with E-state index in [9.17, 15) is 10.1 Å². The van der Waals surface area contributed by atoms with Gasteiger partial charge in [-0.25, -0.2) is 4.98 Å². The quantitative estimate of drug-likeness (QED) is 0.446. The number of hydrogen-bond donors (Lipinski definition) is 1. The van der Waals surface area contributed by atoms with Crippen LogP contribution in [0, 0.1) is 17.0 Å². The van der Waals surface area contributed by atoms with E-state index in [1.807, 2.05) is 11.8 Å². The molecule has 0 bridgehead atoms. The van der Waals surface area contributed by atoms with Crippen LogP contribution in [0.25, 0.3) is 0 Å². The number of unbranched alkanes of at least 4 members (excludes halogenated alkanes) is 2. The van der Waals surface area contributed by atoms with Gasteiger partial charge in [0.05, 0.1) is 4.92 Å². The molecule has 0 saturated heterocycles. The van der Waals surface area contributed by atoms with Crippen LogP contribution < -0.4 is 5.32 Å². The Bertz CT molecular complexity index is 399. The van der Waals surface area contributed by atoms with E-state index in [0.29, 0.717) is 5.82 Å². The van der Waals surface area contributed by atoms with Gasteiger partial charge in [-0.15, -0.1) is 0 Å². The SMILES string of the molecule is CSCCCCCNc1ncc(C)cc1[N+](=O)[O-]. The number of aromatic nitrogens is 1. The van der Waals surface area contributed by atoms with E-state index in [0.717, 1.165) is 24.9 Å². The van der Waals surface area contributed by atoms with Crippen molar-refractivity contribution in [1.29, 1.82) is 0 Å². The zero-order valence-electron chi connectivity index (χ0n) is 10.8. The summed E-state index contributed by atoms with van der Waals surface area (Å²) in [7, 11) is 0. The van der Waals surface area contributed by atoms with Crippen molar-refractivity contribution < 1.29 is 4.92 Å². The smallest absolute Gasteiger partial charge is 0.311 e. The Hall–Kier alpha value is -1.30. The minimum absolute atomic E-state index is 0.0547. The van der Waals surface area contributed by atoms with Gasteiger partial charge >= 0.3 is 5.69 Å². The number of nitrogens with one attached hydrogen (secondary N) is 1. The van der Waals surface area contributed by atoms with Crippen molar-refractivity contribution in [3.63, 3.8) is 0 Å². The Balaban J connectivity index is 2.44. The number of rotatable bonds is 8. The van der Waals surface area contributed by atoms with Crippen LogP contribution in [0.15, 0.2) is 12.3 Å². The number of aryl methyl sites for hydroxylation is 1. The van der Waals surface area contributed by atoms with Crippen molar-refractivity contribution >= 4 is 23.3 Å². The molecule has 18 heavy (non-hydrogen) atoms. The monoisotopic (exact) mass is 269 g/mol. The first-order chi connectivity index (χ1) is 8.65. The van der Waals surface area contributed by atoms with E-state index in [1.54, 1.807) is 19.2 Å². The van der Waals surface area contributed by atoms with Gasteiger partial charge in [0.2, 0.25) is 5.82 Å². The molecule has 0 radical (unpaired) electrons. The van der Waals surface area contributed by atoms with Crippen molar-refractivity contribution in [1.82, 2.24) is 4.98 Å². The third-order valence-electron chi connectivity index (χ3n) is 2.52. The average molecular weight is 269 g/mol. The number of thioether (sulfide) groups is 1. The van der Waals surface area contributed by atoms with E-state index in [-0.39, 0.29) is 5.69 Å². The van der Waals surface area contributed by atoms with Gasteiger partial charge in [-0.05, 0) is 37.3 Å². The largest absolute Gasteiger partial charge is 0.364 e. The Kier molecular flexibility index (Phi) is 6.49. The fourth-order valence-electron chi connectivity index (χ4n) is 1.58. The molecule has 0 aliphatic rings. The number of nitrogens with zero attached hydrogens (tertiary/aromatic N) is 2. The van der Waals surface area contributed by atoms with E-state index in [2.05, 4.69) is 16.6 Å². The van der Waals surface area contributed by atoms with Gasteiger partial charge in [0, 0.05) is 18.8 Å². The molecular weight excluding hydrogens is 250 g/mol. The van der Waals surface area contributed by atoms with Crippen LogP contribution in [0.3, 0.4) is 0 Å². The van der Waals surface area contributed by atoms with Crippen molar-refractivity contribution in [3.8, 4) is 0 Å². The van der Waals surface area contributed by atoms with Gasteiger partial charge in [-0.2, -0.15) is 11.8 Å². The molecule has 1 heterocycles. The molecule has 0 spiro atoms. The molecule has 0 aliphatic carbocycles. The molecule has 0 saturated carbocycles. The molecule has 100 valence electrons. The Morgan fingerprint density at radius 1 is 1.44 bits per heavy atom. The van der Waals surface area contributed by atoms with Crippen LogP contribution in [0.4, 0.5) is 11.5 Å². The van der Waals surface area contributed by atoms with Crippen LogP contribution in [0.2, 0.25) is 0 Å². The minimum atomic E-state index is -0.393. The lowest BCUT2D eigenvalue weighted by atomic mass is 10.2. The minimum Gasteiger partial charge on any atom is -0.364 e. The maximum absolute atomic E-state index is 10.9. The van der Waals surface area contributed by atoms with Crippen molar-refractivity contribution in [2.24, 2.45) is 0 Å². The van der Waals surface area contributed by atoms with Crippen molar-refractivity contribution in [2.75, 3.05) is 23.9 Å². The highest BCUT2D eigenvalue weighted by Crippen LogP contribution is 2.22. The van der Waals surface area contributed by atoms with E-state index >= 15 is 0 Å². The second-order valence-electron chi connectivity index (χ2n) is 4.12. The maximum Gasteiger partial charge on any atom is 0.311 e. The predicted octanol–water partition coefficient (Wildman–Crippen LogP) is 3.24. The first kappa shape index (κ1) is 14.8. The summed E-state index contributed by atoms with van der Waals surface area (Å²) >= 11 is 1.84. The zero-order chi connectivity index (χ0) is 13.4. The van der Waals surface area contributed by atoms with E-state index < -0.39 is 4.92 Å². The molecule has 5 nitrogen and oxygen atoms in total. The molecule has 1 rings (SSSR count).